The maximum atomic E-state index is 11.9. The number of carbonyl (C=O) groups excluding carboxylic acids is 1. The van der Waals surface area contributed by atoms with Crippen molar-refractivity contribution in [3.63, 3.8) is 0 Å². The van der Waals surface area contributed by atoms with Crippen molar-refractivity contribution in [3.8, 4) is 0 Å². The Labute approximate surface area is 105 Å². The van der Waals surface area contributed by atoms with Gasteiger partial charge in [-0.05, 0) is 12.5 Å². The van der Waals surface area contributed by atoms with Crippen LogP contribution in [0.4, 0.5) is 0 Å². The lowest BCUT2D eigenvalue weighted by atomic mass is 10.1. The van der Waals surface area contributed by atoms with Crippen molar-refractivity contribution >= 4 is 5.91 Å². The van der Waals surface area contributed by atoms with Gasteiger partial charge < -0.3 is 15.5 Å². The first-order chi connectivity index (χ1) is 8.70. The van der Waals surface area contributed by atoms with Gasteiger partial charge in [0.25, 0.3) is 5.91 Å². The molecular weight excluding hydrogens is 230 g/mol. The van der Waals surface area contributed by atoms with Crippen LogP contribution in [-0.2, 0) is 6.54 Å². The number of hydrogen-bond acceptors (Lipinski definition) is 4. The minimum absolute atomic E-state index is 0.0925. The third-order valence-corrected chi connectivity index (χ3v) is 2.60. The average Bonchev–Trinajstić information content (AvgIpc) is 2.88. The zero-order chi connectivity index (χ0) is 13.0. The summed E-state index contributed by atoms with van der Waals surface area (Å²) in [7, 11) is 0. The van der Waals surface area contributed by atoms with E-state index < -0.39 is 0 Å². The Morgan fingerprint density at radius 3 is 2.78 bits per heavy atom. The van der Waals surface area contributed by atoms with Crippen molar-refractivity contribution in [2.75, 3.05) is 0 Å². The summed E-state index contributed by atoms with van der Waals surface area (Å²) in [5.74, 6) is 0.240. The third kappa shape index (κ3) is 2.75. The quantitative estimate of drug-likeness (QED) is 0.857. The van der Waals surface area contributed by atoms with Crippen molar-refractivity contribution in [2.24, 2.45) is 5.73 Å². The van der Waals surface area contributed by atoms with Crippen LogP contribution in [0.2, 0.25) is 0 Å². The van der Waals surface area contributed by atoms with E-state index in [0.717, 1.165) is 5.56 Å². The minimum Gasteiger partial charge on any atom is -0.434 e. The van der Waals surface area contributed by atoms with Crippen LogP contribution in [0.5, 0.6) is 0 Å². The van der Waals surface area contributed by atoms with Gasteiger partial charge in [-0.2, -0.15) is 0 Å². The number of aromatic nitrogens is 1. The molecule has 18 heavy (non-hydrogen) atoms. The zero-order valence-corrected chi connectivity index (χ0v) is 10.1. The van der Waals surface area contributed by atoms with Crippen LogP contribution in [-0.4, -0.2) is 10.9 Å². The van der Waals surface area contributed by atoms with Crippen LogP contribution < -0.4 is 11.1 Å². The van der Waals surface area contributed by atoms with E-state index >= 15 is 0 Å². The van der Waals surface area contributed by atoms with Gasteiger partial charge in [0.15, 0.2) is 0 Å². The number of nitrogens with one attached hydrogen (secondary N) is 1. The maximum absolute atomic E-state index is 11.9. The normalized spacial score (nSPS) is 12.1. The van der Waals surface area contributed by atoms with Crippen LogP contribution in [0.25, 0.3) is 0 Å². The predicted octanol–water partition coefficient (Wildman–Crippen LogP) is 1.62. The molecule has 0 saturated carbocycles. The van der Waals surface area contributed by atoms with E-state index in [4.69, 9.17) is 10.2 Å². The minimum atomic E-state index is -0.293. The molecule has 2 aromatic rings. The predicted molar refractivity (Wildman–Crippen MR) is 66.7 cm³/mol. The number of nitrogens with zero attached hydrogens (tertiary/aromatic N) is 1. The molecule has 94 valence electrons. The molecule has 1 atom stereocenters. The first-order valence-corrected chi connectivity index (χ1v) is 5.71. The van der Waals surface area contributed by atoms with Gasteiger partial charge in [-0.1, -0.05) is 30.3 Å². The highest BCUT2D eigenvalue weighted by Gasteiger charge is 2.15. The molecule has 1 aromatic heterocycles. The molecule has 0 saturated heterocycles. The van der Waals surface area contributed by atoms with Crippen molar-refractivity contribution in [3.05, 3.63) is 53.7 Å². The summed E-state index contributed by atoms with van der Waals surface area (Å²) in [5.41, 5.74) is 6.40. The lowest BCUT2D eigenvalue weighted by molar-refractivity contribution is 0.0910. The zero-order valence-electron chi connectivity index (χ0n) is 10.1. The van der Waals surface area contributed by atoms with E-state index in [2.05, 4.69) is 10.3 Å². The second kappa shape index (κ2) is 5.46. The molecule has 0 aliphatic heterocycles. The van der Waals surface area contributed by atoms with E-state index in [1.165, 1.54) is 6.20 Å². The highest BCUT2D eigenvalue weighted by atomic mass is 16.4. The van der Waals surface area contributed by atoms with Crippen LogP contribution in [0, 0.1) is 0 Å². The molecule has 0 aliphatic rings. The topological polar surface area (TPSA) is 81.2 Å². The fourth-order valence-corrected chi connectivity index (χ4v) is 1.60. The summed E-state index contributed by atoms with van der Waals surface area (Å²) < 4.78 is 5.18. The van der Waals surface area contributed by atoms with Gasteiger partial charge in [0.1, 0.15) is 0 Å². The Hall–Kier alpha value is -2.14. The fourth-order valence-electron chi connectivity index (χ4n) is 1.60. The average molecular weight is 245 g/mol. The first kappa shape index (κ1) is 12.3. The fraction of sp³-hybridized carbons (Fsp3) is 0.231. The number of nitrogens with two attached hydrogens (primary N) is 1. The Balaban J connectivity index is 2.03. The summed E-state index contributed by atoms with van der Waals surface area (Å²) >= 11 is 0. The SMILES string of the molecule is CC(NC(=O)c1cnc(CN)o1)c1ccccc1. The van der Waals surface area contributed by atoms with Gasteiger partial charge in [0, 0.05) is 0 Å². The Morgan fingerprint density at radius 1 is 1.44 bits per heavy atom. The van der Waals surface area contributed by atoms with Crippen molar-refractivity contribution in [1.82, 2.24) is 10.3 Å². The largest absolute Gasteiger partial charge is 0.434 e. The number of rotatable bonds is 4. The highest BCUT2D eigenvalue weighted by molar-refractivity contribution is 5.91. The van der Waals surface area contributed by atoms with E-state index in [1.54, 1.807) is 0 Å². The molecule has 1 aromatic carbocycles. The Bertz CT molecular complexity index is 522. The van der Waals surface area contributed by atoms with Gasteiger partial charge in [-0.15, -0.1) is 0 Å². The molecule has 0 fully saturated rings. The molecule has 3 N–H and O–H groups in total. The summed E-state index contributed by atoms with van der Waals surface area (Å²) in [6, 6.07) is 9.61. The second-order valence-corrected chi connectivity index (χ2v) is 3.93. The molecule has 1 unspecified atom stereocenters. The Kier molecular flexibility index (Phi) is 3.74. The van der Waals surface area contributed by atoms with E-state index in [9.17, 15) is 4.79 Å². The first-order valence-electron chi connectivity index (χ1n) is 5.71. The smallest absolute Gasteiger partial charge is 0.289 e. The van der Waals surface area contributed by atoms with Gasteiger partial charge in [0.2, 0.25) is 11.7 Å². The molecule has 0 radical (unpaired) electrons. The summed E-state index contributed by atoms with van der Waals surface area (Å²) in [5, 5.41) is 2.84. The van der Waals surface area contributed by atoms with Crippen LogP contribution in [0.3, 0.4) is 0 Å². The molecule has 0 bridgehead atoms. The number of benzene rings is 1. The molecular formula is C13H15N3O2. The molecule has 1 heterocycles. The standard InChI is InChI=1S/C13H15N3O2/c1-9(10-5-3-2-4-6-10)16-13(17)11-8-15-12(7-14)18-11/h2-6,8-9H,7,14H2,1H3,(H,16,17). The summed E-state index contributed by atoms with van der Waals surface area (Å²) in [6.45, 7) is 2.09. The van der Waals surface area contributed by atoms with Gasteiger partial charge in [0.05, 0.1) is 18.8 Å². The molecule has 1 amide bonds. The lowest BCUT2D eigenvalue weighted by Gasteiger charge is -2.12. The molecule has 5 nitrogen and oxygen atoms in total. The van der Waals surface area contributed by atoms with Crippen LogP contribution in [0.15, 0.2) is 40.9 Å². The van der Waals surface area contributed by atoms with E-state index in [1.807, 2.05) is 37.3 Å². The number of hydrogen-bond donors (Lipinski definition) is 2. The third-order valence-electron chi connectivity index (χ3n) is 2.60. The summed E-state index contributed by atoms with van der Waals surface area (Å²) in [6.07, 6.45) is 1.38. The van der Waals surface area contributed by atoms with Crippen molar-refractivity contribution < 1.29 is 9.21 Å². The molecule has 0 aliphatic carbocycles. The van der Waals surface area contributed by atoms with E-state index in [-0.39, 0.29) is 24.3 Å². The van der Waals surface area contributed by atoms with Crippen LogP contribution in [0.1, 0.15) is 35.0 Å². The van der Waals surface area contributed by atoms with Crippen LogP contribution >= 0.6 is 0 Å². The number of carbonyl (C=O) groups is 1. The molecule has 0 spiro atoms. The summed E-state index contributed by atoms with van der Waals surface area (Å²) in [4.78, 5) is 15.8. The monoisotopic (exact) mass is 245 g/mol. The van der Waals surface area contributed by atoms with Gasteiger partial charge >= 0.3 is 0 Å². The van der Waals surface area contributed by atoms with Crippen molar-refractivity contribution in [2.45, 2.75) is 19.5 Å². The van der Waals surface area contributed by atoms with Gasteiger partial charge in [-0.3, -0.25) is 4.79 Å². The van der Waals surface area contributed by atoms with Gasteiger partial charge in [-0.25, -0.2) is 4.98 Å². The maximum Gasteiger partial charge on any atom is 0.289 e. The number of oxazole rings is 1. The molecule has 2 rings (SSSR count). The van der Waals surface area contributed by atoms with E-state index in [0.29, 0.717) is 5.89 Å². The highest BCUT2D eigenvalue weighted by Crippen LogP contribution is 2.12. The molecule has 5 heteroatoms. The van der Waals surface area contributed by atoms with Crippen molar-refractivity contribution in [1.29, 1.82) is 0 Å². The lowest BCUT2D eigenvalue weighted by Crippen LogP contribution is -2.26. The number of amides is 1. The Morgan fingerprint density at radius 2 is 2.17 bits per heavy atom. The second-order valence-electron chi connectivity index (χ2n) is 3.93.